The van der Waals surface area contributed by atoms with E-state index in [-0.39, 0.29) is 30.0 Å². The van der Waals surface area contributed by atoms with Crippen molar-refractivity contribution in [2.24, 2.45) is 0 Å². The number of carbonyl (C=O) groups excluding carboxylic acids is 1. The lowest BCUT2D eigenvalue weighted by Crippen LogP contribution is -2.54. The first-order valence-electron chi connectivity index (χ1n) is 10.0. The van der Waals surface area contributed by atoms with Crippen molar-refractivity contribution in [3.8, 4) is 11.6 Å². The van der Waals surface area contributed by atoms with Gasteiger partial charge in [0.05, 0.1) is 6.42 Å². The number of halogens is 2. The number of hydrogen-bond acceptors (Lipinski definition) is 5. The van der Waals surface area contributed by atoms with E-state index in [9.17, 15) is 13.6 Å². The Morgan fingerprint density at radius 3 is 2.61 bits per heavy atom. The van der Waals surface area contributed by atoms with Crippen LogP contribution < -0.4 is 9.64 Å². The van der Waals surface area contributed by atoms with Gasteiger partial charge in [-0.05, 0) is 36.8 Å². The molecule has 2 aromatic carbocycles. The molecule has 1 atom stereocenters. The van der Waals surface area contributed by atoms with Gasteiger partial charge in [-0.2, -0.15) is 0 Å². The minimum atomic E-state index is -0.387. The van der Waals surface area contributed by atoms with Crippen molar-refractivity contribution in [1.82, 2.24) is 14.9 Å². The smallest absolute Gasteiger partial charge is 0.227 e. The highest BCUT2D eigenvalue weighted by Gasteiger charge is 2.28. The van der Waals surface area contributed by atoms with Gasteiger partial charge in [-0.15, -0.1) is 0 Å². The van der Waals surface area contributed by atoms with Gasteiger partial charge in [0, 0.05) is 37.8 Å². The van der Waals surface area contributed by atoms with E-state index in [1.807, 2.05) is 11.8 Å². The Morgan fingerprint density at radius 1 is 1.06 bits per heavy atom. The third-order valence-electron chi connectivity index (χ3n) is 5.19. The quantitative estimate of drug-likeness (QED) is 0.623. The van der Waals surface area contributed by atoms with Crippen LogP contribution in [0.5, 0.6) is 11.6 Å². The molecule has 0 aliphatic carbocycles. The Bertz CT molecular complexity index is 1060. The molecule has 1 aromatic heterocycles. The van der Waals surface area contributed by atoms with Crippen molar-refractivity contribution in [2.45, 2.75) is 19.4 Å². The van der Waals surface area contributed by atoms with Crippen LogP contribution in [-0.2, 0) is 11.2 Å². The molecule has 0 unspecified atom stereocenters. The van der Waals surface area contributed by atoms with Crippen LogP contribution in [0.3, 0.4) is 0 Å². The molecule has 8 heteroatoms. The number of hydrogen-bond donors (Lipinski definition) is 0. The number of benzene rings is 2. The van der Waals surface area contributed by atoms with Gasteiger partial charge in [-0.25, -0.2) is 18.7 Å². The molecule has 3 aromatic rings. The van der Waals surface area contributed by atoms with Crippen LogP contribution in [0.1, 0.15) is 12.5 Å². The fourth-order valence-electron chi connectivity index (χ4n) is 3.62. The van der Waals surface area contributed by atoms with Crippen LogP contribution in [0.2, 0.25) is 0 Å². The Morgan fingerprint density at radius 2 is 1.87 bits per heavy atom. The lowest BCUT2D eigenvalue weighted by Gasteiger charge is -2.40. The normalized spacial score (nSPS) is 16.3. The number of aromatic nitrogens is 2. The van der Waals surface area contributed by atoms with Crippen molar-refractivity contribution in [3.05, 3.63) is 78.1 Å². The summed E-state index contributed by atoms with van der Waals surface area (Å²) in [5.41, 5.74) is 0.788. The molecule has 0 saturated carbocycles. The van der Waals surface area contributed by atoms with Crippen molar-refractivity contribution in [2.75, 3.05) is 24.5 Å². The number of piperazine rings is 1. The second-order valence-electron chi connectivity index (χ2n) is 7.46. The summed E-state index contributed by atoms with van der Waals surface area (Å²) in [7, 11) is 0. The summed E-state index contributed by atoms with van der Waals surface area (Å²) in [6, 6.07) is 13.5. The molecule has 0 bridgehead atoms. The largest absolute Gasteiger partial charge is 0.439 e. The molecular formula is C23H22F2N4O2. The second kappa shape index (κ2) is 9.07. The van der Waals surface area contributed by atoms with E-state index in [0.29, 0.717) is 37.1 Å². The van der Waals surface area contributed by atoms with Crippen LogP contribution >= 0.6 is 0 Å². The van der Waals surface area contributed by atoms with Gasteiger partial charge in [-0.3, -0.25) is 4.79 Å². The maximum Gasteiger partial charge on any atom is 0.227 e. The van der Waals surface area contributed by atoms with Crippen LogP contribution in [0.25, 0.3) is 0 Å². The minimum Gasteiger partial charge on any atom is -0.439 e. The van der Waals surface area contributed by atoms with Gasteiger partial charge in [-0.1, -0.05) is 18.2 Å². The van der Waals surface area contributed by atoms with E-state index in [1.165, 1.54) is 30.6 Å². The highest BCUT2D eigenvalue weighted by Crippen LogP contribution is 2.24. The molecule has 160 valence electrons. The SMILES string of the molecule is C[C@@H]1CN(c2cc(Oc3cccc(F)c3)ncn2)CCN1C(=O)Cc1ccc(F)cc1. The van der Waals surface area contributed by atoms with E-state index < -0.39 is 0 Å². The number of anilines is 1. The Labute approximate surface area is 179 Å². The van der Waals surface area contributed by atoms with Crippen molar-refractivity contribution in [1.29, 1.82) is 0 Å². The number of rotatable bonds is 5. The fraction of sp³-hybridized carbons (Fsp3) is 0.261. The van der Waals surface area contributed by atoms with Gasteiger partial charge < -0.3 is 14.5 Å². The maximum absolute atomic E-state index is 13.4. The summed E-state index contributed by atoms with van der Waals surface area (Å²) < 4.78 is 32.1. The number of ether oxygens (including phenoxy) is 1. The highest BCUT2D eigenvalue weighted by atomic mass is 19.1. The molecule has 1 amide bonds. The third-order valence-corrected chi connectivity index (χ3v) is 5.19. The summed E-state index contributed by atoms with van der Waals surface area (Å²) in [5, 5.41) is 0. The Hall–Kier alpha value is -3.55. The van der Waals surface area contributed by atoms with Crippen molar-refractivity contribution >= 4 is 11.7 Å². The molecule has 1 aliphatic rings. The minimum absolute atomic E-state index is 0.0107. The standard InChI is InChI=1S/C23H22F2N4O2/c1-16-14-28(9-10-29(16)23(30)11-17-5-7-18(24)8-6-17)21-13-22(27-15-26-21)31-20-4-2-3-19(25)12-20/h2-8,12-13,15-16H,9-11,14H2,1H3/t16-/m1/s1. The molecule has 6 nitrogen and oxygen atoms in total. The van der Waals surface area contributed by atoms with Crippen LogP contribution in [0.15, 0.2) is 60.9 Å². The monoisotopic (exact) mass is 424 g/mol. The van der Waals surface area contributed by atoms with Gasteiger partial charge in [0.1, 0.15) is 29.5 Å². The van der Waals surface area contributed by atoms with Crippen molar-refractivity contribution < 1.29 is 18.3 Å². The van der Waals surface area contributed by atoms with Crippen molar-refractivity contribution in [3.63, 3.8) is 0 Å². The van der Waals surface area contributed by atoms with E-state index in [1.54, 1.807) is 30.3 Å². The molecule has 4 rings (SSSR count). The topological polar surface area (TPSA) is 58.6 Å². The predicted molar refractivity (Wildman–Crippen MR) is 112 cm³/mol. The molecule has 1 aliphatic heterocycles. The van der Waals surface area contributed by atoms with Crippen LogP contribution in [-0.4, -0.2) is 46.5 Å². The second-order valence-corrected chi connectivity index (χ2v) is 7.46. The maximum atomic E-state index is 13.4. The fourth-order valence-corrected chi connectivity index (χ4v) is 3.62. The zero-order valence-electron chi connectivity index (χ0n) is 17.0. The Kier molecular flexibility index (Phi) is 6.06. The van der Waals surface area contributed by atoms with E-state index in [4.69, 9.17) is 4.74 Å². The predicted octanol–water partition coefficient (Wildman–Crippen LogP) is 3.83. The summed E-state index contributed by atoms with van der Waals surface area (Å²) in [4.78, 5) is 25.1. The molecule has 1 saturated heterocycles. The van der Waals surface area contributed by atoms with E-state index in [0.717, 1.165) is 5.56 Å². The van der Waals surface area contributed by atoms with Gasteiger partial charge in [0.2, 0.25) is 11.8 Å². The lowest BCUT2D eigenvalue weighted by atomic mass is 10.1. The number of carbonyl (C=O) groups is 1. The van der Waals surface area contributed by atoms with Gasteiger partial charge in [0.15, 0.2) is 0 Å². The summed E-state index contributed by atoms with van der Waals surface area (Å²) in [6.45, 7) is 3.74. The van der Waals surface area contributed by atoms with Crippen LogP contribution in [0, 0.1) is 11.6 Å². The first kappa shape index (κ1) is 20.7. The number of nitrogens with zero attached hydrogens (tertiary/aromatic N) is 4. The average Bonchev–Trinajstić information content (AvgIpc) is 2.75. The van der Waals surface area contributed by atoms with E-state index >= 15 is 0 Å². The molecule has 31 heavy (non-hydrogen) atoms. The summed E-state index contributed by atoms with van der Waals surface area (Å²) in [6.07, 6.45) is 1.64. The highest BCUT2D eigenvalue weighted by molar-refractivity contribution is 5.79. The zero-order valence-corrected chi connectivity index (χ0v) is 17.0. The van der Waals surface area contributed by atoms with Gasteiger partial charge >= 0.3 is 0 Å². The first-order chi connectivity index (χ1) is 15.0. The average molecular weight is 424 g/mol. The van der Waals surface area contributed by atoms with E-state index in [2.05, 4.69) is 14.9 Å². The lowest BCUT2D eigenvalue weighted by molar-refractivity contribution is -0.132. The molecule has 0 spiro atoms. The molecular weight excluding hydrogens is 402 g/mol. The first-order valence-corrected chi connectivity index (χ1v) is 10.0. The summed E-state index contributed by atoms with van der Waals surface area (Å²) in [5.74, 6) is 0.661. The summed E-state index contributed by atoms with van der Waals surface area (Å²) >= 11 is 0. The molecule has 0 radical (unpaired) electrons. The van der Waals surface area contributed by atoms with Gasteiger partial charge in [0.25, 0.3) is 0 Å². The molecule has 2 heterocycles. The third kappa shape index (κ3) is 5.14. The Balaban J connectivity index is 1.39. The number of amides is 1. The van der Waals surface area contributed by atoms with Crippen LogP contribution in [0.4, 0.5) is 14.6 Å². The molecule has 1 fully saturated rings. The zero-order chi connectivity index (χ0) is 21.8. The molecule has 0 N–H and O–H groups in total.